The fourth-order valence-electron chi connectivity index (χ4n) is 3.59. The maximum atomic E-state index is 12.1. The number of carbonyl (C=O) groups excluding carboxylic acids is 1. The van der Waals surface area contributed by atoms with E-state index in [1.54, 1.807) is 13.2 Å². The first-order valence-electron chi connectivity index (χ1n) is 7.06. The summed E-state index contributed by atoms with van der Waals surface area (Å²) in [6.07, 6.45) is 1.95. The molecule has 1 aromatic carbocycles. The number of carbonyl (C=O) groups is 1. The zero-order chi connectivity index (χ0) is 15.2. The smallest absolute Gasteiger partial charge is 0.236 e. The van der Waals surface area contributed by atoms with Gasteiger partial charge in [0, 0.05) is 12.1 Å². The van der Waals surface area contributed by atoms with E-state index >= 15 is 0 Å². The van der Waals surface area contributed by atoms with E-state index in [0.29, 0.717) is 22.3 Å². The molecule has 2 fully saturated rings. The Labute approximate surface area is 134 Å². The summed E-state index contributed by atoms with van der Waals surface area (Å²) in [6, 6.07) is 3.63. The summed E-state index contributed by atoms with van der Waals surface area (Å²) in [5.41, 5.74) is 0.376. The van der Waals surface area contributed by atoms with Crippen LogP contribution in [0.15, 0.2) is 12.1 Å². The lowest BCUT2D eigenvalue weighted by Gasteiger charge is -2.46. The summed E-state index contributed by atoms with van der Waals surface area (Å²) in [4.78, 5) is 14.0. The van der Waals surface area contributed by atoms with E-state index in [4.69, 9.17) is 27.9 Å². The van der Waals surface area contributed by atoms with E-state index in [9.17, 15) is 4.79 Å². The largest absolute Gasteiger partial charge is 0.496 e. The number of nitrogens with zero attached hydrogens (tertiary/aromatic N) is 1. The van der Waals surface area contributed by atoms with Gasteiger partial charge in [-0.05, 0) is 31.9 Å². The minimum atomic E-state index is -0.461. The number of nitrogens with one attached hydrogen (secondary N) is 1. The Kier molecular flexibility index (Phi) is 3.80. The monoisotopic (exact) mass is 328 g/mol. The summed E-state index contributed by atoms with van der Waals surface area (Å²) in [6.45, 7) is 3.18. The van der Waals surface area contributed by atoms with Crippen LogP contribution in [0.4, 0.5) is 0 Å². The first kappa shape index (κ1) is 14.9. The zero-order valence-corrected chi connectivity index (χ0v) is 13.6. The van der Waals surface area contributed by atoms with Crippen molar-refractivity contribution in [2.75, 3.05) is 20.2 Å². The van der Waals surface area contributed by atoms with Crippen LogP contribution in [0.25, 0.3) is 0 Å². The zero-order valence-electron chi connectivity index (χ0n) is 12.1. The number of benzene rings is 1. The van der Waals surface area contributed by atoms with Crippen LogP contribution in [0.1, 0.15) is 25.3 Å². The number of halogens is 2. The van der Waals surface area contributed by atoms with Gasteiger partial charge in [0.15, 0.2) is 0 Å². The number of amides is 1. The molecule has 0 radical (unpaired) electrons. The van der Waals surface area contributed by atoms with Crippen molar-refractivity contribution < 1.29 is 9.53 Å². The molecule has 1 amide bonds. The van der Waals surface area contributed by atoms with Crippen LogP contribution in [0.3, 0.4) is 0 Å². The molecule has 0 aliphatic carbocycles. The lowest BCUT2D eigenvalue weighted by molar-refractivity contribution is -0.136. The number of fused-ring (bicyclic) bond motifs is 1. The summed E-state index contributed by atoms with van der Waals surface area (Å²) in [5.74, 6) is 0.840. The second-order valence-electron chi connectivity index (χ2n) is 5.74. The number of ether oxygens (including phenoxy) is 1. The quantitative estimate of drug-likeness (QED) is 0.907. The van der Waals surface area contributed by atoms with Gasteiger partial charge in [-0.2, -0.15) is 0 Å². The molecule has 2 aliphatic heterocycles. The SMILES string of the molecule is COc1ccc(Cl)c(Cl)c1C1(C)NCC(=O)N2CCCC21. The highest BCUT2D eigenvalue weighted by molar-refractivity contribution is 6.42. The lowest BCUT2D eigenvalue weighted by atomic mass is 9.81. The Morgan fingerprint density at radius 1 is 1.43 bits per heavy atom. The Morgan fingerprint density at radius 3 is 2.90 bits per heavy atom. The van der Waals surface area contributed by atoms with Crippen molar-refractivity contribution >= 4 is 29.1 Å². The molecule has 0 bridgehead atoms. The lowest BCUT2D eigenvalue weighted by Crippen LogP contribution is -2.63. The normalized spacial score (nSPS) is 28.7. The van der Waals surface area contributed by atoms with Crippen LogP contribution in [-0.4, -0.2) is 37.0 Å². The highest BCUT2D eigenvalue weighted by Gasteiger charge is 2.49. The average molecular weight is 329 g/mol. The molecule has 1 aromatic rings. The van der Waals surface area contributed by atoms with Crippen LogP contribution in [-0.2, 0) is 10.3 Å². The minimum absolute atomic E-state index is 0.0728. The fourth-order valence-corrected chi connectivity index (χ4v) is 4.10. The van der Waals surface area contributed by atoms with Crippen molar-refractivity contribution in [2.45, 2.75) is 31.3 Å². The maximum absolute atomic E-state index is 12.1. The first-order valence-corrected chi connectivity index (χ1v) is 7.81. The summed E-state index contributed by atoms with van der Waals surface area (Å²) < 4.78 is 5.49. The summed E-state index contributed by atoms with van der Waals surface area (Å²) in [5, 5.41) is 4.35. The van der Waals surface area contributed by atoms with Crippen LogP contribution in [0.5, 0.6) is 5.75 Å². The molecule has 2 aliphatic rings. The second kappa shape index (κ2) is 5.34. The molecule has 2 atom stereocenters. The molecule has 21 heavy (non-hydrogen) atoms. The van der Waals surface area contributed by atoms with Gasteiger partial charge in [0.2, 0.25) is 5.91 Å². The van der Waals surface area contributed by atoms with Crippen molar-refractivity contribution in [3.63, 3.8) is 0 Å². The Balaban J connectivity index is 2.14. The third-order valence-electron chi connectivity index (χ3n) is 4.64. The van der Waals surface area contributed by atoms with Crippen molar-refractivity contribution in [3.05, 3.63) is 27.7 Å². The first-order chi connectivity index (χ1) is 9.99. The van der Waals surface area contributed by atoms with Gasteiger partial charge in [-0.15, -0.1) is 0 Å². The van der Waals surface area contributed by atoms with Crippen molar-refractivity contribution in [1.29, 1.82) is 0 Å². The molecule has 2 heterocycles. The van der Waals surface area contributed by atoms with E-state index < -0.39 is 5.54 Å². The number of methoxy groups -OCH3 is 1. The van der Waals surface area contributed by atoms with Crippen molar-refractivity contribution in [3.8, 4) is 5.75 Å². The van der Waals surface area contributed by atoms with E-state index in [1.807, 2.05) is 11.0 Å². The molecule has 0 saturated carbocycles. The third-order valence-corrected chi connectivity index (χ3v) is 5.45. The Bertz CT molecular complexity index is 593. The molecule has 1 N–H and O–H groups in total. The van der Waals surface area contributed by atoms with E-state index in [1.165, 1.54) is 0 Å². The number of hydrogen-bond donors (Lipinski definition) is 1. The van der Waals surface area contributed by atoms with Gasteiger partial charge in [0.05, 0.1) is 35.3 Å². The van der Waals surface area contributed by atoms with Crippen molar-refractivity contribution in [2.24, 2.45) is 0 Å². The van der Waals surface area contributed by atoms with Crippen LogP contribution >= 0.6 is 23.2 Å². The minimum Gasteiger partial charge on any atom is -0.496 e. The predicted molar refractivity (Wildman–Crippen MR) is 83.1 cm³/mol. The molecule has 6 heteroatoms. The van der Waals surface area contributed by atoms with E-state index in [2.05, 4.69) is 12.2 Å². The molecule has 0 spiro atoms. The van der Waals surface area contributed by atoms with Crippen molar-refractivity contribution in [1.82, 2.24) is 10.2 Å². The molecular formula is C15H18Cl2N2O2. The number of piperazine rings is 1. The van der Waals surface area contributed by atoms with E-state index in [-0.39, 0.29) is 11.9 Å². The van der Waals surface area contributed by atoms with Gasteiger partial charge >= 0.3 is 0 Å². The molecule has 0 aromatic heterocycles. The standard InChI is InChI=1S/C15H18Cl2N2O2/c1-15(11-4-3-7-19(11)12(20)8-18-15)13-10(21-2)6-5-9(16)14(13)17/h5-6,11,18H,3-4,7-8H2,1-2H3. The molecular weight excluding hydrogens is 311 g/mol. The predicted octanol–water partition coefficient (Wildman–Crippen LogP) is 2.81. The molecule has 2 saturated heterocycles. The van der Waals surface area contributed by atoms with Gasteiger partial charge in [-0.25, -0.2) is 0 Å². The average Bonchev–Trinajstić information content (AvgIpc) is 2.97. The highest BCUT2D eigenvalue weighted by atomic mass is 35.5. The topological polar surface area (TPSA) is 41.6 Å². The van der Waals surface area contributed by atoms with Gasteiger partial charge in [-0.3, -0.25) is 10.1 Å². The highest BCUT2D eigenvalue weighted by Crippen LogP contribution is 2.45. The molecule has 114 valence electrons. The van der Waals surface area contributed by atoms with Gasteiger partial charge < -0.3 is 9.64 Å². The summed E-state index contributed by atoms with van der Waals surface area (Å²) in [7, 11) is 1.62. The Hall–Kier alpha value is -0.970. The molecule has 3 rings (SSSR count). The molecule has 2 unspecified atom stereocenters. The fraction of sp³-hybridized carbons (Fsp3) is 0.533. The van der Waals surface area contributed by atoms with Gasteiger partial charge in [0.25, 0.3) is 0 Å². The number of hydrogen-bond acceptors (Lipinski definition) is 3. The van der Waals surface area contributed by atoms with Gasteiger partial charge in [-0.1, -0.05) is 23.2 Å². The second-order valence-corrected chi connectivity index (χ2v) is 6.52. The van der Waals surface area contributed by atoms with E-state index in [0.717, 1.165) is 24.9 Å². The third kappa shape index (κ3) is 2.20. The number of rotatable bonds is 2. The summed E-state index contributed by atoms with van der Waals surface area (Å²) >= 11 is 12.7. The van der Waals surface area contributed by atoms with Crippen LogP contribution in [0, 0.1) is 0 Å². The van der Waals surface area contributed by atoms with Crippen LogP contribution < -0.4 is 10.1 Å². The van der Waals surface area contributed by atoms with Crippen LogP contribution in [0.2, 0.25) is 10.0 Å². The van der Waals surface area contributed by atoms with Gasteiger partial charge in [0.1, 0.15) is 5.75 Å². The molecule has 4 nitrogen and oxygen atoms in total. The maximum Gasteiger partial charge on any atom is 0.236 e. The Morgan fingerprint density at radius 2 is 2.19 bits per heavy atom.